The molecular weight excluding hydrogens is 377 g/mol. The number of carbonyl (C=O) groups excluding carboxylic acids is 1. The van der Waals surface area contributed by atoms with Crippen LogP contribution in [0.4, 0.5) is 0 Å². The summed E-state index contributed by atoms with van der Waals surface area (Å²) in [7, 11) is 1.61. The molecule has 8 heteroatoms. The molecule has 1 N–H and O–H groups in total. The molecule has 24 heavy (non-hydrogen) atoms. The third-order valence-corrected chi connectivity index (χ3v) is 3.80. The average molecular weight is 393 g/mol. The van der Waals surface area contributed by atoms with E-state index in [1.54, 1.807) is 19.2 Å². The molecule has 0 bridgehead atoms. The third kappa shape index (κ3) is 5.31. The molecule has 0 saturated heterocycles. The number of carbonyl (C=O) groups is 1. The summed E-state index contributed by atoms with van der Waals surface area (Å²) >= 11 is 17.9. The smallest absolute Gasteiger partial charge is 0.286 e. The van der Waals surface area contributed by atoms with Crippen molar-refractivity contribution in [3.8, 4) is 5.75 Å². The predicted octanol–water partition coefficient (Wildman–Crippen LogP) is 4.59. The second-order valence-electron chi connectivity index (χ2n) is 4.86. The summed E-state index contributed by atoms with van der Waals surface area (Å²) in [6.07, 6.45) is 0.729. The van der Waals surface area contributed by atoms with Gasteiger partial charge in [-0.3, -0.25) is 4.79 Å². The van der Waals surface area contributed by atoms with Gasteiger partial charge in [-0.15, -0.1) is 0 Å². The summed E-state index contributed by atoms with van der Waals surface area (Å²) in [6, 6.07) is 6.30. The lowest BCUT2D eigenvalue weighted by molar-refractivity contribution is 0.0917. The normalized spacial score (nSPS) is 10.7. The first-order valence-electron chi connectivity index (χ1n) is 7.14. The van der Waals surface area contributed by atoms with Gasteiger partial charge >= 0.3 is 0 Å². The number of hydrogen-bond acceptors (Lipinski definition) is 4. The number of hydrogen-bond donors (Lipinski definition) is 1. The average Bonchev–Trinajstić information content (AvgIpc) is 2.99. The van der Waals surface area contributed by atoms with E-state index in [0.717, 1.165) is 6.42 Å². The van der Waals surface area contributed by atoms with Crippen LogP contribution in [0.2, 0.25) is 15.1 Å². The highest BCUT2D eigenvalue weighted by molar-refractivity contribution is 6.40. The van der Waals surface area contributed by atoms with Crippen LogP contribution < -0.4 is 10.1 Å². The topological polar surface area (TPSA) is 60.7 Å². The van der Waals surface area contributed by atoms with Gasteiger partial charge in [0.1, 0.15) is 12.4 Å². The molecule has 5 nitrogen and oxygen atoms in total. The fraction of sp³-hybridized carbons (Fsp3) is 0.312. The highest BCUT2D eigenvalue weighted by Crippen LogP contribution is 2.36. The summed E-state index contributed by atoms with van der Waals surface area (Å²) < 4.78 is 15.9. The molecule has 0 spiro atoms. The zero-order valence-corrected chi connectivity index (χ0v) is 15.2. The van der Waals surface area contributed by atoms with E-state index in [9.17, 15) is 4.79 Å². The van der Waals surface area contributed by atoms with Crippen LogP contribution in [0.1, 0.15) is 22.7 Å². The maximum Gasteiger partial charge on any atom is 0.286 e. The summed E-state index contributed by atoms with van der Waals surface area (Å²) in [5.74, 6) is 0.697. The first kappa shape index (κ1) is 18.9. The Hall–Kier alpha value is -1.40. The van der Waals surface area contributed by atoms with E-state index in [1.165, 1.54) is 12.1 Å². The molecule has 0 aliphatic heterocycles. The van der Waals surface area contributed by atoms with Crippen LogP contribution in [0.25, 0.3) is 0 Å². The van der Waals surface area contributed by atoms with Crippen molar-refractivity contribution < 1.29 is 18.7 Å². The Balaban J connectivity index is 1.91. The largest absolute Gasteiger partial charge is 0.483 e. The maximum absolute atomic E-state index is 11.9. The Morgan fingerprint density at radius 1 is 1.21 bits per heavy atom. The van der Waals surface area contributed by atoms with Crippen molar-refractivity contribution in [1.29, 1.82) is 0 Å². The van der Waals surface area contributed by atoms with Gasteiger partial charge in [-0.1, -0.05) is 34.8 Å². The second kappa shape index (κ2) is 9.18. The minimum absolute atomic E-state index is 0.0814. The Bertz CT molecular complexity index is 679. The summed E-state index contributed by atoms with van der Waals surface area (Å²) in [4.78, 5) is 11.9. The molecule has 0 saturated carbocycles. The molecule has 1 aromatic heterocycles. The van der Waals surface area contributed by atoms with E-state index < -0.39 is 0 Å². The van der Waals surface area contributed by atoms with Gasteiger partial charge in [0.15, 0.2) is 11.5 Å². The van der Waals surface area contributed by atoms with Gasteiger partial charge in [0, 0.05) is 25.3 Å². The highest BCUT2D eigenvalue weighted by atomic mass is 35.5. The van der Waals surface area contributed by atoms with Crippen molar-refractivity contribution in [2.75, 3.05) is 20.3 Å². The lowest BCUT2D eigenvalue weighted by Crippen LogP contribution is -2.24. The van der Waals surface area contributed by atoms with Gasteiger partial charge in [-0.2, -0.15) is 0 Å². The van der Waals surface area contributed by atoms with Crippen LogP contribution in [-0.4, -0.2) is 26.2 Å². The SMILES string of the molecule is COCCCNC(=O)c1ccc(COc2c(Cl)cc(Cl)cc2Cl)o1. The minimum Gasteiger partial charge on any atom is -0.483 e. The molecule has 1 amide bonds. The second-order valence-corrected chi connectivity index (χ2v) is 6.11. The number of rotatable bonds is 8. The van der Waals surface area contributed by atoms with E-state index in [2.05, 4.69) is 5.32 Å². The number of benzene rings is 1. The monoisotopic (exact) mass is 391 g/mol. The van der Waals surface area contributed by atoms with Gasteiger partial charge in [-0.25, -0.2) is 0 Å². The number of halogens is 3. The van der Waals surface area contributed by atoms with Crippen LogP contribution in [0.3, 0.4) is 0 Å². The van der Waals surface area contributed by atoms with Crippen molar-refractivity contribution >= 4 is 40.7 Å². The zero-order valence-electron chi connectivity index (χ0n) is 12.9. The number of nitrogens with one attached hydrogen (secondary N) is 1. The molecule has 2 rings (SSSR count). The van der Waals surface area contributed by atoms with Gasteiger partial charge < -0.3 is 19.2 Å². The first-order valence-corrected chi connectivity index (χ1v) is 8.28. The molecule has 1 heterocycles. The molecule has 130 valence electrons. The van der Waals surface area contributed by atoms with E-state index in [-0.39, 0.29) is 18.3 Å². The standard InChI is InChI=1S/C16H16Cl3NO4/c1-22-6-2-5-20-16(21)14-4-3-11(24-14)9-23-15-12(18)7-10(17)8-13(15)19/h3-4,7-8H,2,5-6,9H2,1H3,(H,20,21). The van der Waals surface area contributed by atoms with Crippen molar-refractivity contribution in [3.05, 3.63) is 50.9 Å². The van der Waals surface area contributed by atoms with E-state index in [0.29, 0.717) is 39.7 Å². The van der Waals surface area contributed by atoms with Crippen LogP contribution in [0.5, 0.6) is 5.75 Å². The molecule has 0 unspecified atom stereocenters. The Morgan fingerprint density at radius 3 is 2.58 bits per heavy atom. The van der Waals surface area contributed by atoms with Crippen molar-refractivity contribution in [2.45, 2.75) is 13.0 Å². The molecule has 0 radical (unpaired) electrons. The van der Waals surface area contributed by atoms with Gasteiger partial charge in [0.2, 0.25) is 0 Å². The van der Waals surface area contributed by atoms with Crippen LogP contribution in [0.15, 0.2) is 28.7 Å². The number of furan rings is 1. The van der Waals surface area contributed by atoms with Crippen molar-refractivity contribution in [1.82, 2.24) is 5.32 Å². The quantitative estimate of drug-likeness (QED) is 0.668. The molecular formula is C16H16Cl3NO4. The fourth-order valence-electron chi connectivity index (χ4n) is 1.89. The maximum atomic E-state index is 11.9. The molecule has 0 atom stereocenters. The third-order valence-electron chi connectivity index (χ3n) is 3.02. The van der Waals surface area contributed by atoms with Crippen LogP contribution in [-0.2, 0) is 11.3 Å². The predicted molar refractivity (Wildman–Crippen MR) is 93.3 cm³/mol. The van der Waals surface area contributed by atoms with Crippen molar-refractivity contribution in [2.24, 2.45) is 0 Å². The highest BCUT2D eigenvalue weighted by Gasteiger charge is 2.13. The fourth-order valence-corrected chi connectivity index (χ4v) is 2.82. The zero-order chi connectivity index (χ0) is 17.5. The first-order chi connectivity index (χ1) is 11.5. The summed E-state index contributed by atoms with van der Waals surface area (Å²) in [5, 5.41) is 3.76. The Morgan fingerprint density at radius 2 is 1.92 bits per heavy atom. The van der Waals surface area contributed by atoms with E-state index >= 15 is 0 Å². The van der Waals surface area contributed by atoms with Gasteiger partial charge in [-0.05, 0) is 30.7 Å². The van der Waals surface area contributed by atoms with Crippen LogP contribution in [0, 0.1) is 0 Å². The number of amides is 1. The van der Waals surface area contributed by atoms with E-state index in [1.807, 2.05) is 0 Å². The molecule has 0 fully saturated rings. The summed E-state index contributed by atoms with van der Waals surface area (Å²) in [5.41, 5.74) is 0. The van der Waals surface area contributed by atoms with Gasteiger partial charge in [0.05, 0.1) is 10.0 Å². The van der Waals surface area contributed by atoms with Crippen LogP contribution >= 0.6 is 34.8 Å². The lowest BCUT2D eigenvalue weighted by atomic mass is 10.3. The van der Waals surface area contributed by atoms with Crippen molar-refractivity contribution in [3.63, 3.8) is 0 Å². The number of methoxy groups -OCH3 is 1. The lowest BCUT2D eigenvalue weighted by Gasteiger charge is -2.09. The Kier molecular flexibility index (Phi) is 7.24. The summed E-state index contributed by atoms with van der Waals surface area (Å²) in [6.45, 7) is 1.17. The van der Waals surface area contributed by atoms with E-state index in [4.69, 9.17) is 48.7 Å². The molecule has 1 aromatic carbocycles. The molecule has 0 aliphatic rings. The van der Waals surface area contributed by atoms with Gasteiger partial charge in [0.25, 0.3) is 5.91 Å². The molecule has 0 aliphatic carbocycles. The minimum atomic E-state index is -0.292. The Labute approximate surface area is 154 Å². The molecule has 2 aromatic rings. The number of ether oxygens (including phenoxy) is 2.